The van der Waals surface area contributed by atoms with Crippen LogP contribution in [0.25, 0.3) is 32.2 Å². The second-order valence-electron chi connectivity index (χ2n) is 6.63. The SMILES string of the molecule is O=C(CCCSc1nc2ccccc2s1)Oc1ccc2oc3ccccc3c2c1. The van der Waals surface area contributed by atoms with Crippen molar-refractivity contribution in [1.29, 1.82) is 0 Å². The van der Waals surface area contributed by atoms with Crippen LogP contribution in [0, 0.1) is 0 Å². The lowest BCUT2D eigenvalue weighted by Crippen LogP contribution is -2.07. The minimum absolute atomic E-state index is 0.220. The van der Waals surface area contributed by atoms with Gasteiger partial charge >= 0.3 is 5.97 Å². The number of carbonyl (C=O) groups excluding carboxylic acids is 1. The monoisotopic (exact) mass is 419 g/mol. The summed E-state index contributed by atoms with van der Waals surface area (Å²) < 4.78 is 13.6. The van der Waals surface area contributed by atoms with Crippen LogP contribution in [0.15, 0.2) is 75.5 Å². The molecule has 0 N–H and O–H groups in total. The van der Waals surface area contributed by atoms with E-state index in [-0.39, 0.29) is 5.97 Å². The number of rotatable bonds is 6. The summed E-state index contributed by atoms with van der Waals surface area (Å²) in [6.45, 7) is 0. The van der Waals surface area contributed by atoms with Gasteiger partial charge in [-0.25, -0.2) is 4.98 Å². The van der Waals surface area contributed by atoms with Gasteiger partial charge in [-0.15, -0.1) is 11.3 Å². The average molecular weight is 420 g/mol. The van der Waals surface area contributed by atoms with E-state index in [1.165, 1.54) is 4.70 Å². The molecule has 0 aliphatic heterocycles. The van der Waals surface area contributed by atoms with Crippen molar-refractivity contribution in [3.63, 3.8) is 0 Å². The van der Waals surface area contributed by atoms with Crippen LogP contribution in [0.2, 0.25) is 0 Å². The molecule has 29 heavy (non-hydrogen) atoms. The molecule has 144 valence electrons. The van der Waals surface area contributed by atoms with Gasteiger partial charge in [0.25, 0.3) is 0 Å². The van der Waals surface area contributed by atoms with Crippen LogP contribution >= 0.6 is 23.1 Å². The normalized spacial score (nSPS) is 11.4. The molecule has 0 fully saturated rings. The Morgan fingerprint density at radius 3 is 2.76 bits per heavy atom. The van der Waals surface area contributed by atoms with E-state index in [0.29, 0.717) is 12.2 Å². The zero-order valence-electron chi connectivity index (χ0n) is 15.5. The number of furan rings is 1. The third kappa shape index (κ3) is 3.86. The second kappa shape index (κ2) is 7.89. The summed E-state index contributed by atoms with van der Waals surface area (Å²) in [4.78, 5) is 16.8. The maximum absolute atomic E-state index is 12.2. The summed E-state index contributed by atoms with van der Waals surface area (Å²) in [7, 11) is 0. The summed E-state index contributed by atoms with van der Waals surface area (Å²) in [6.07, 6.45) is 1.12. The zero-order valence-corrected chi connectivity index (χ0v) is 17.1. The standard InChI is InChI=1S/C23H17NO3S2/c25-22(10-5-13-28-23-24-18-7-2-4-9-21(18)29-23)26-15-11-12-20-17(14-15)16-6-1-3-8-19(16)27-20/h1-4,6-9,11-12,14H,5,10,13H2. The van der Waals surface area contributed by atoms with Crippen molar-refractivity contribution < 1.29 is 13.9 Å². The molecule has 0 aliphatic carbocycles. The predicted molar refractivity (Wildman–Crippen MR) is 119 cm³/mol. The van der Waals surface area contributed by atoms with Crippen LogP contribution in [-0.4, -0.2) is 16.7 Å². The number of hydrogen-bond donors (Lipinski definition) is 0. The first-order valence-electron chi connectivity index (χ1n) is 9.37. The first kappa shape index (κ1) is 18.2. The second-order valence-corrected chi connectivity index (χ2v) is 9.00. The van der Waals surface area contributed by atoms with Gasteiger partial charge in [-0.2, -0.15) is 0 Å². The van der Waals surface area contributed by atoms with Crippen molar-refractivity contribution in [1.82, 2.24) is 4.98 Å². The molecule has 4 nitrogen and oxygen atoms in total. The first-order valence-corrected chi connectivity index (χ1v) is 11.2. The lowest BCUT2D eigenvalue weighted by Gasteiger charge is -2.04. The molecule has 0 radical (unpaired) electrons. The maximum Gasteiger partial charge on any atom is 0.311 e. The Labute approximate surface area is 175 Å². The van der Waals surface area contributed by atoms with Crippen LogP contribution < -0.4 is 4.74 Å². The van der Waals surface area contributed by atoms with Crippen LogP contribution in [-0.2, 0) is 4.79 Å². The van der Waals surface area contributed by atoms with Gasteiger partial charge in [0.2, 0.25) is 0 Å². The molecule has 6 heteroatoms. The number of hydrogen-bond acceptors (Lipinski definition) is 6. The van der Waals surface area contributed by atoms with Gasteiger partial charge in [0, 0.05) is 22.9 Å². The predicted octanol–water partition coefficient (Wildman–Crippen LogP) is 6.67. The first-order chi connectivity index (χ1) is 14.3. The van der Waals surface area contributed by atoms with Crippen molar-refractivity contribution >= 4 is 61.2 Å². The van der Waals surface area contributed by atoms with Gasteiger partial charge in [-0.1, -0.05) is 42.1 Å². The topological polar surface area (TPSA) is 52.3 Å². The Morgan fingerprint density at radius 1 is 1.00 bits per heavy atom. The van der Waals surface area contributed by atoms with E-state index >= 15 is 0 Å². The Morgan fingerprint density at radius 2 is 1.83 bits per heavy atom. The number of esters is 1. The van der Waals surface area contributed by atoms with E-state index in [0.717, 1.165) is 44.0 Å². The highest BCUT2D eigenvalue weighted by Crippen LogP contribution is 2.32. The summed E-state index contributed by atoms with van der Waals surface area (Å²) >= 11 is 3.37. The van der Waals surface area contributed by atoms with Crippen LogP contribution in [0.1, 0.15) is 12.8 Å². The maximum atomic E-state index is 12.2. The van der Waals surface area contributed by atoms with E-state index in [2.05, 4.69) is 11.1 Å². The number of thioether (sulfide) groups is 1. The number of fused-ring (bicyclic) bond motifs is 4. The molecule has 5 aromatic rings. The molecule has 0 aliphatic rings. The van der Waals surface area contributed by atoms with Crippen LogP contribution in [0.3, 0.4) is 0 Å². The molecule has 0 unspecified atom stereocenters. The van der Waals surface area contributed by atoms with E-state index < -0.39 is 0 Å². The van der Waals surface area contributed by atoms with E-state index in [9.17, 15) is 4.79 Å². The van der Waals surface area contributed by atoms with Crippen molar-refractivity contribution in [2.24, 2.45) is 0 Å². The minimum Gasteiger partial charge on any atom is -0.456 e. The fourth-order valence-corrected chi connectivity index (χ4v) is 5.32. The molecule has 0 amide bonds. The lowest BCUT2D eigenvalue weighted by molar-refractivity contribution is -0.134. The molecular weight excluding hydrogens is 402 g/mol. The smallest absolute Gasteiger partial charge is 0.311 e. The number of thiazole rings is 1. The highest BCUT2D eigenvalue weighted by molar-refractivity contribution is 8.01. The van der Waals surface area contributed by atoms with Gasteiger partial charge in [0.15, 0.2) is 4.34 Å². The number of aromatic nitrogens is 1. The molecule has 0 atom stereocenters. The van der Waals surface area contributed by atoms with E-state index in [4.69, 9.17) is 9.15 Å². The molecule has 0 saturated carbocycles. The summed E-state index contributed by atoms with van der Waals surface area (Å²) in [5.41, 5.74) is 2.65. The number of ether oxygens (including phenoxy) is 1. The summed E-state index contributed by atoms with van der Waals surface area (Å²) in [5.74, 6) is 1.16. The molecule has 2 heterocycles. The zero-order chi connectivity index (χ0) is 19.6. The molecule has 0 bridgehead atoms. The van der Waals surface area contributed by atoms with E-state index in [1.54, 1.807) is 29.2 Å². The van der Waals surface area contributed by atoms with Gasteiger partial charge in [0.05, 0.1) is 10.2 Å². The van der Waals surface area contributed by atoms with Crippen molar-refractivity contribution in [3.8, 4) is 5.75 Å². The fraction of sp³-hybridized carbons (Fsp3) is 0.130. The van der Waals surface area contributed by atoms with E-state index in [1.807, 2.05) is 54.6 Å². The molecule has 0 spiro atoms. The number of carbonyl (C=O) groups is 1. The minimum atomic E-state index is -0.220. The largest absolute Gasteiger partial charge is 0.456 e. The Kier molecular flexibility index (Phi) is 4.96. The van der Waals surface area contributed by atoms with Gasteiger partial charge < -0.3 is 9.15 Å². The van der Waals surface area contributed by atoms with Crippen molar-refractivity contribution in [2.75, 3.05) is 5.75 Å². The molecular formula is C23H17NO3S2. The Balaban J connectivity index is 1.18. The van der Waals surface area contributed by atoms with Crippen LogP contribution in [0.5, 0.6) is 5.75 Å². The Bertz CT molecular complexity index is 1290. The quantitative estimate of drug-likeness (QED) is 0.133. The molecule has 5 rings (SSSR count). The number of para-hydroxylation sites is 2. The van der Waals surface area contributed by atoms with Gasteiger partial charge in [0.1, 0.15) is 16.9 Å². The highest BCUT2D eigenvalue weighted by Gasteiger charge is 2.10. The molecule has 3 aromatic carbocycles. The number of nitrogens with zero attached hydrogens (tertiary/aromatic N) is 1. The third-order valence-corrected chi connectivity index (χ3v) is 6.87. The van der Waals surface area contributed by atoms with Gasteiger partial charge in [-0.05, 0) is 42.8 Å². The third-order valence-electron chi connectivity index (χ3n) is 4.60. The van der Waals surface area contributed by atoms with Gasteiger partial charge in [-0.3, -0.25) is 4.79 Å². The van der Waals surface area contributed by atoms with Crippen LogP contribution in [0.4, 0.5) is 0 Å². The van der Waals surface area contributed by atoms with Crippen molar-refractivity contribution in [2.45, 2.75) is 17.2 Å². The molecule has 0 saturated heterocycles. The summed E-state index contributed by atoms with van der Waals surface area (Å²) in [5, 5.41) is 1.98. The summed E-state index contributed by atoms with van der Waals surface area (Å²) in [6, 6.07) is 21.5. The highest BCUT2D eigenvalue weighted by atomic mass is 32.2. The lowest BCUT2D eigenvalue weighted by atomic mass is 10.1. The Hall–Kier alpha value is -2.83. The molecule has 2 aromatic heterocycles. The van der Waals surface area contributed by atoms with Crippen molar-refractivity contribution in [3.05, 3.63) is 66.7 Å². The average Bonchev–Trinajstić information content (AvgIpc) is 3.32. The fourth-order valence-electron chi connectivity index (χ4n) is 3.24. The number of benzene rings is 3.